The molecule has 1 aliphatic rings. The summed E-state index contributed by atoms with van der Waals surface area (Å²) in [5, 5.41) is 2.43. The van der Waals surface area contributed by atoms with E-state index in [0.29, 0.717) is 13.1 Å². The minimum absolute atomic E-state index is 0.0272. The van der Waals surface area contributed by atoms with Gasteiger partial charge in [0.25, 0.3) is 5.24 Å². The fourth-order valence-electron chi connectivity index (χ4n) is 1.66. The lowest BCUT2D eigenvalue weighted by Gasteiger charge is -2.13. The fraction of sp³-hybridized carbons (Fsp3) is 0.333. The quantitative estimate of drug-likeness (QED) is 0.925. The molecular formula is C12H12F2N2O2S. The van der Waals surface area contributed by atoms with Gasteiger partial charge in [0.1, 0.15) is 0 Å². The smallest absolute Gasteiger partial charge is 0.281 e. The minimum Gasteiger partial charge on any atom is -0.332 e. The van der Waals surface area contributed by atoms with Gasteiger partial charge in [-0.25, -0.2) is 8.78 Å². The van der Waals surface area contributed by atoms with E-state index in [-0.39, 0.29) is 23.3 Å². The highest BCUT2D eigenvalue weighted by atomic mass is 32.2. The van der Waals surface area contributed by atoms with Gasteiger partial charge in [-0.2, -0.15) is 0 Å². The highest BCUT2D eigenvalue weighted by molar-refractivity contribution is 8.13. The van der Waals surface area contributed by atoms with Crippen LogP contribution in [0, 0.1) is 11.6 Å². The number of thioether (sulfide) groups is 1. The number of amides is 2. The zero-order valence-electron chi connectivity index (χ0n) is 9.99. The van der Waals surface area contributed by atoms with Gasteiger partial charge < -0.3 is 10.2 Å². The van der Waals surface area contributed by atoms with Crippen molar-refractivity contribution < 1.29 is 18.4 Å². The Morgan fingerprint density at radius 2 is 2.16 bits per heavy atom. The van der Waals surface area contributed by atoms with Crippen molar-refractivity contribution in [1.29, 1.82) is 0 Å². The van der Waals surface area contributed by atoms with Crippen molar-refractivity contribution in [3.05, 3.63) is 29.8 Å². The lowest BCUT2D eigenvalue weighted by atomic mass is 10.3. The average Bonchev–Trinajstić information content (AvgIpc) is 2.77. The normalized spacial score (nSPS) is 14.8. The number of benzene rings is 1. The van der Waals surface area contributed by atoms with Gasteiger partial charge in [0.05, 0.1) is 0 Å². The molecule has 102 valence electrons. The van der Waals surface area contributed by atoms with Gasteiger partial charge >= 0.3 is 0 Å². The summed E-state index contributed by atoms with van der Waals surface area (Å²) >= 11 is 1.23. The Morgan fingerprint density at radius 1 is 1.37 bits per heavy atom. The molecule has 2 rings (SSSR count). The average molecular weight is 286 g/mol. The summed E-state index contributed by atoms with van der Waals surface area (Å²) in [6.07, 6.45) is 0.130. The van der Waals surface area contributed by atoms with E-state index < -0.39 is 11.6 Å². The van der Waals surface area contributed by atoms with E-state index in [1.807, 2.05) is 0 Å². The molecule has 1 saturated heterocycles. The molecule has 1 N–H and O–H groups in total. The second-order valence-corrected chi connectivity index (χ2v) is 5.07. The van der Waals surface area contributed by atoms with Crippen molar-refractivity contribution in [3.8, 4) is 0 Å². The lowest BCUT2D eigenvalue weighted by Crippen LogP contribution is -2.27. The van der Waals surface area contributed by atoms with Gasteiger partial charge in [0.2, 0.25) is 5.91 Å². The van der Waals surface area contributed by atoms with E-state index in [0.717, 1.165) is 17.9 Å². The first-order valence-corrected chi connectivity index (χ1v) is 6.71. The molecule has 0 saturated carbocycles. The van der Waals surface area contributed by atoms with E-state index in [4.69, 9.17) is 0 Å². The van der Waals surface area contributed by atoms with Gasteiger partial charge in [0.15, 0.2) is 11.6 Å². The number of hydrogen-bond acceptors (Lipinski definition) is 3. The number of nitrogens with one attached hydrogen (secondary N) is 1. The first-order valence-electron chi connectivity index (χ1n) is 5.73. The van der Waals surface area contributed by atoms with E-state index in [2.05, 4.69) is 5.32 Å². The predicted octanol–water partition coefficient (Wildman–Crippen LogP) is 2.46. The van der Waals surface area contributed by atoms with Gasteiger partial charge in [-0.3, -0.25) is 9.59 Å². The summed E-state index contributed by atoms with van der Waals surface area (Å²) in [6, 6.07) is 3.16. The summed E-state index contributed by atoms with van der Waals surface area (Å²) in [5.74, 6) is -1.57. The second-order valence-electron chi connectivity index (χ2n) is 4.03. The van der Waals surface area contributed by atoms with Gasteiger partial charge in [0, 0.05) is 37.0 Å². The Hall–Kier alpha value is -1.63. The van der Waals surface area contributed by atoms with Crippen LogP contribution in [0.2, 0.25) is 0 Å². The molecule has 1 heterocycles. The molecule has 1 aromatic carbocycles. The third-order valence-corrected chi connectivity index (χ3v) is 3.55. The van der Waals surface area contributed by atoms with Crippen LogP contribution in [-0.2, 0) is 4.79 Å². The van der Waals surface area contributed by atoms with Crippen molar-refractivity contribution >= 4 is 28.6 Å². The van der Waals surface area contributed by atoms with Crippen LogP contribution in [0.25, 0.3) is 0 Å². The van der Waals surface area contributed by atoms with Crippen LogP contribution in [0.3, 0.4) is 0 Å². The van der Waals surface area contributed by atoms with Crippen molar-refractivity contribution in [3.63, 3.8) is 0 Å². The van der Waals surface area contributed by atoms with Gasteiger partial charge in [-0.15, -0.1) is 0 Å². The Labute approximate surface area is 113 Å². The standard InChI is InChI=1S/C12H12F2N2O2S/c13-9-2-1-8(7-10(9)14)15-11(17)3-4-16-5-6-19-12(16)18/h1-2,7H,3-6H2,(H,15,17). The summed E-state index contributed by atoms with van der Waals surface area (Å²) in [5.41, 5.74) is 0.200. The van der Waals surface area contributed by atoms with Crippen molar-refractivity contribution in [2.45, 2.75) is 6.42 Å². The van der Waals surface area contributed by atoms with E-state index >= 15 is 0 Å². The molecule has 1 fully saturated rings. The van der Waals surface area contributed by atoms with Crippen molar-refractivity contribution in [2.24, 2.45) is 0 Å². The first kappa shape index (κ1) is 13.8. The number of carbonyl (C=O) groups is 2. The SMILES string of the molecule is O=C(CCN1CCSC1=O)Nc1ccc(F)c(F)c1. The van der Waals surface area contributed by atoms with Crippen LogP contribution in [-0.4, -0.2) is 34.9 Å². The fourth-order valence-corrected chi connectivity index (χ4v) is 2.51. The third-order valence-electron chi connectivity index (χ3n) is 2.66. The van der Waals surface area contributed by atoms with E-state index in [9.17, 15) is 18.4 Å². The maximum absolute atomic E-state index is 12.9. The second kappa shape index (κ2) is 6.01. The number of carbonyl (C=O) groups excluding carboxylic acids is 2. The molecule has 7 heteroatoms. The van der Waals surface area contributed by atoms with E-state index in [1.54, 1.807) is 4.90 Å². The van der Waals surface area contributed by atoms with Crippen LogP contribution < -0.4 is 5.32 Å². The Bertz CT molecular complexity index is 511. The highest BCUT2D eigenvalue weighted by Gasteiger charge is 2.21. The van der Waals surface area contributed by atoms with Crippen LogP contribution in [0.15, 0.2) is 18.2 Å². The molecule has 2 amide bonds. The molecule has 0 bridgehead atoms. The molecule has 19 heavy (non-hydrogen) atoms. The molecular weight excluding hydrogens is 274 g/mol. The summed E-state index contributed by atoms with van der Waals surface area (Å²) in [6.45, 7) is 0.975. The molecule has 0 unspecified atom stereocenters. The Kier molecular flexibility index (Phi) is 4.36. The first-order chi connectivity index (χ1) is 9.06. The number of hydrogen-bond donors (Lipinski definition) is 1. The molecule has 0 atom stereocenters. The molecule has 0 aliphatic carbocycles. The van der Waals surface area contributed by atoms with Crippen LogP contribution in [0.1, 0.15) is 6.42 Å². The molecule has 0 aromatic heterocycles. The highest BCUT2D eigenvalue weighted by Crippen LogP contribution is 2.17. The zero-order valence-corrected chi connectivity index (χ0v) is 10.8. The molecule has 0 radical (unpaired) electrons. The van der Waals surface area contributed by atoms with Crippen LogP contribution in [0.4, 0.5) is 19.3 Å². The summed E-state index contributed by atoms with van der Waals surface area (Å²) < 4.78 is 25.6. The zero-order chi connectivity index (χ0) is 13.8. The largest absolute Gasteiger partial charge is 0.332 e. The summed E-state index contributed by atoms with van der Waals surface area (Å²) in [7, 11) is 0. The maximum Gasteiger partial charge on any atom is 0.281 e. The molecule has 1 aromatic rings. The van der Waals surface area contributed by atoms with E-state index in [1.165, 1.54) is 17.8 Å². The van der Waals surface area contributed by atoms with Crippen molar-refractivity contribution in [1.82, 2.24) is 4.90 Å². The molecule has 1 aliphatic heterocycles. The number of anilines is 1. The summed E-state index contributed by atoms with van der Waals surface area (Å²) in [4.78, 5) is 24.5. The number of nitrogens with zero attached hydrogens (tertiary/aromatic N) is 1. The third kappa shape index (κ3) is 3.66. The Morgan fingerprint density at radius 3 is 2.79 bits per heavy atom. The topological polar surface area (TPSA) is 49.4 Å². The number of rotatable bonds is 4. The van der Waals surface area contributed by atoms with Gasteiger partial charge in [-0.05, 0) is 12.1 Å². The predicted molar refractivity (Wildman–Crippen MR) is 69.0 cm³/mol. The minimum atomic E-state index is -1.01. The molecule has 0 spiro atoms. The maximum atomic E-state index is 12.9. The van der Waals surface area contributed by atoms with Crippen LogP contribution >= 0.6 is 11.8 Å². The van der Waals surface area contributed by atoms with Crippen molar-refractivity contribution in [2.75, 3.05) is 24.2 Å². The number of halogens is 2. The monoisotopic (exact) mass is 286 g/mol. The Balaban J connectivity index is 1.83. The lowest BCUT2D eigenvalue weighted by molar-refractivity contribution is -0.116. The van der Waals surface area contributed by atoms with Crippen LogP contribution in [0.5, 0.6) is 0 Å². The molecule has 4 nitrogen and oxygen atoms in total. The van der Waals surface area contributed by atoms with Gasteiger partial charge in [-0.1, -0.05) is 11.8 Å².